The highest BCUT2D eigenvalue weighted by Crippen LogP contribution is 2.33. The summed E-state index contributed by atoms with van der Waals surface area (Å²) in [5, 5.41) is 13.4. The molecular formula is C15H19ClN4O5. The van der Waals surface area contributed by atoms with Crippen LogP contribution in [0.1, 0.15) is 19.3 Å². The van der Waals surface area contributed by atoms with Crippen molar-refractivity contribution in [3.8, 4) is 0 Å². The SMILES string of the molecule is O=C(O)CN1CC2(CCN(C(=O)CCn3cc(Cl)cn3)CC2)OC1=O. The van der Waals surface area contributed by atoms with E-state index < -0.39 is 17.7 Å². The number of carboxylic acids is 1. The number of halogens is 1. The number of aliphatic carboxylic acids is 1. The number of amides is 2. The van der Waals surface area contributed by atoms with E-state index in [4.69, 9.17) is 21.4 Å². The Balaban J connectivity index is 1.49. The first-order chi connectivity index (χ1) is 11.9. The fourth-order valence-corrected chi connectivity index (χ4v) is 3.39. The average Bonchev–Trinajstić information content (AvgIpc) is 3.09. The maximum Gasteiger partial charge on any atom is 0.411 e. The van der Waals surface area contributed by atoms with Gasteiger partial charge in [0.1, 0.15) is 12.1 Å². The molecule has 2 fully saturated rings. The normalized spacial score (nSPS) is 19.3. The number of likely N-dealkylation sites (tertiary alicyclic amines) is 1. The summed E-state index contributed by atoms with van der Waals surface area (Å²) in [5.74, 6) is -1.06. The molecule has 2 saturated heterocycles. The number of aromatic nitrogens is 2. The predicted octanol–water partition coefficient (Wildman–Crippen LogP) is 0.825. The number of carboxylic acid groups (broad SMARTS) is 1. The standard InChI is InChI=1S/C15H19ClN4O5/c16-11-7-17-20(8-11)4-1-12(21)18-5-2-15(3-6-18)10-19(9-13(22)23)14(24)25-15/h7-8H,1-6,9-10H2,(H,22,23). The molecule has 136 valence electrons. The van der Waals surface area contributed by atoms with E-state index in [-0.39, 0.29) is 19.0 Å². The summed E-state index contributed by atoms with van der Waals surface area (Å²) >= 11 is 5.79. The zero-order valence-electron chi connectivity index (χ0n) is 13.6. The number of hydrogen-bond donors (Lipinski definition) is 1. The van der Waals surface area contributed by atoms with E-state index >= 15 is 0 Å². The van der Waals surface area contributed by atoms with Gasteiger partial charge in [-0.2, -0.15) is 5.10 Å². The lowest BCUT2D eigenvalue weighted by molar-refractivity contribution is -0.137. The van der Waals surface area contributed by atoms with E-state index in [2.05, 4.69) is 5.10 Å². The molecule has 2 amide bonds. The van der Waals surface area contributed by atoms with Crippen LogP contribution in [-0.4, -0.2) is 74.4 Å². The van der Waals surface area contributed by atoms with Gasteiger partial charge in [-0.25, -0.2) is 4.79 Å². The Labute approximate surface area is 149 Å². The monoisotopic (exact) mass is 370 g/mol. The summed E-state index contributed by atoms with van der Waals surface area (Å²) in [7, 11) is 0. The van der Waals surface area contributed by atoms with Crippen molar-refractivity contribution in [2.45, 2.75) is 31.4 Å². The lowest BCUT2D eigenvalue weighted by Crippen LogP contribution is -2.49. The van der Waals surface area contributed by atoms with Crippen LogP contribution >= 0.6 is 11.6 Å². The smallest absolute Gasteiger partial charge is 0.411 e. The van der Waals surface area contributed by atoms with Crippen LogP contribution in [-0.2, 0) is 20.9 Å². The minimum absolute atomic E-state index is 0.00758. The molecule has 0 saturated carbocycles. The molecular weight excluding hydrogens is 352 g/mol. The van der Waals surface area contributed by atoms with Crippen molar-refractivity contribution in [3.05, 3.63) is 17.4 Å². The Morgan fingerprint density at radius 2 is 2.08 bits per heavy atom. The molecule has 1 N–H and O–H groups in total. The number of piperidine rings is 1. The van der Waals surface area contributed by atoms with Gasteiger partial charge >= 0.3 is 12.1 Å². The van der Waals surface area contributed by atoms with Crippen LogP contribution in [0.2, 0.25) is 5.02 Å². The zero-order valence-corrected chi connectivity index (χ0v) is 14.3. The van der Waals surface area contributed by atoms with Crippen LogP contribution in [0.5, 0.6) is 0 Å². The molecule has 0 radical (unpaired) electrons. The quantitative estimate of drug-likeness (QED) is 0.822. The summed E-state index contributed by atoms with van der Waals surface area (Å²) in [6, 6.07) is 0. The maximum absolute atomic E-state index is 12.3. The van der Waals surface area contributed by atoms with Crippen molar-refractivity contribution in [2.75, 3.05) is 26.2 Å². The number of carbonyl (C=O) groups excluding carboxylic acids is 2. The Bertz CT molecular complexity index is 683. The summed E-state index contributed by atoms with van der Waals surface area (Å²) < 4.78 is 7.04. The first kappa shape index (κ1) is 17.5. The van der Waals surface area contributed by atoms with E-state index in [9.17, 15) is 14.4 Å². The van der Waals surface area contributed by atoms with Gasteiger partial charge in [0.05, 0.1) is 17.8 Å². The molecule has 0 aliphatic carbocycles. The average molecular weight is 371 g/mol. The topological polar surface area (TPSA) is 105 Å². The highest BCUT2D eigenvalue weighted by Gasteiger charge is 2.47. The second-order valence-electron chi connectivity index (χ2n) is 6.35. The van der Waals surface area contributed by atoms with Gasteiger partial charge in [-0.3, -0.25) is 19.2 Å². The molecule has 1 aromatic heterocycles. The van der Waals surface area contributed by atoms with Gasteiger partial charge in [-0.15, -0.1) is 0 Å². The molecule has 0 atom stereocenters. The predicted molar refractivity (Wildman–Crippen MR) is 86.1 cm³/mol. The molecule has 1 aromatic rings. The summed E-state index contributed by atoms with van der Waals surface area (Å²) in [6.07, 6.45) is 3.92. The van der Waals surface area contributed by atoms with Crippen molar-refractivity contribution in [1.82, 2.24) is 19.6 Å². The van der Waals surface area contributed by atoms with Gasteiger partial charge in [0, 0.05) is 45.1 Å². The van der Waals surface area contributed by atoms with Gasteiger partial charge in [0.15, 0.2) is 0 Å². The number of carbonyl (C=O) groups is 3. The Hall–Kier alpha value is -2.29. The first-order valence-electron chi connectivity index (χ1n) is 8.02. The van der Waals surface area contributed by atoms with Gasteiger partial charge in [-0.1, -0.05) is 11.6 Å². The van der Waals surface area contributed by atoms with E-state index in [1.54, 1.807) is 15.8 Å². The van der Waals surface area contributed by atoms with Gasteiger partial charge in [-0.05, 0) is 0 Å². The van der Waals surface area contributed by atoms with Crippen LogP contribution in [0.25, 0.3) is 0 Å². The Morgan fingerprint density at radius 1 is 1.36 bits per heavy atom. The fourth-order valence-electron chi connectivity index (χ4n) is 3.23. The Kier molecular flexibility index (Phi) is 4.85. The van der Waals surface area contributed by atoms with Gasteiger partial charge in [0.25, 0.3) is 0 Å². The van der Waals surface area contributed by atoms with E-state index in [0.717, 1.165) is 0 Å². The third-order valence-electron chi connectivity index (χ3n) is 4.55. The minimum atomic E-state index is -1.07. The number of aryl methyl sites for hydroxylation is 1. The summed E-state index contributed by atoms with van der Waals surface area (Å²) in [4.78, 5) is 37.8. The third-order valence-corrected chi connectivity index (χ3v) is 4.75. The van der Waals surface area contributed by atoms with Crippen molar-refractivity contribution >= 4 is 29.6 Å². The van der Waals surface area contributed by atoms with Crippen LogP contribution in [0.3, 0.4) is 0 Å². The molecule has 3 rings (SSSR count). The summed E-state index contributed by atoms with van der Waals surface area (Å²) in [5.41, 5.74) is -0.682. The maximum atomic E-state index is 12.3. The third kappa shape index (κ3) is 4.04. The van der Waals surface area contributed by atoms with Crippen LogP contribution in [0, 0.1) is 0 Å². The highest BCUT2D eigenvalue weighted by molar-refractivity contribution is 6.30. The van der Waals surface area contributed by atoms with Crippen molar-refractivity contribution in [1.29, 1.82) is 0 Å². The van der Waals surface area contributed by atoms with Crippen molar-refractivity contribution < 1.29 is 24.2 Å². The Morgan fingerprint density at radius 3 is 2.68 bits per heavy atom. The molecule has 0 unspecified atom stereocenters. The van der Waals surface area contributed by atoms with Crippen molar-refractivity contribution in [3.63, 3.8) is 0 Å². The number of ether oxygens (including phenoxy) is 1. The van der Waals surface area contributed by atoms with E-state index in [0.29, 0.717) is 43.9 Å². The second-order valence-corrected chi connectivity index (χ2v) is 6.79. The van der Waals surface area contributed by atoms with E-state index in [1.165, 1.54) is 11.1 Å². The molecule has 1 spiro atoms. The van der Waals surface area contributed by atoms with Gasteiger partial charge < -0.3 is 14.7 Å². The first-order valence-corrected chi connectivity index (χ1v) is 8.40. The number of hydrogen-bond acceptors (Lipinski definition) is 5. The van der Waals surface area contributed by atoms with Crippen molar-refractivity contribution in [2.24, 2.45) is 0 Å². The van der Waals surface area contributed by atoms with Gasteiger partial charge in [0.2, 0.25) is 5.91 Å². The lowest BCUT2D eigenvalue weighted by atomic mass is 9.91. The molecule has 2 aliphatic heterocycles. The highest BCUT2D eigenvalue weighted by atomic mass is 35.5. The molecule has 0 bridgehead atoms. The van der Waals surface area contributed by atoms with Crippen LogP contribution in [0.4, 0.5) is 4.79 Å². The number of nitrogens with zero attached hydrogens (tertiary/aromatic N) is 4. The largest absolute Gasteiger partial charge is 0.480 e. The fraction of sp³-hybridized carbons (Fsp3) is 0.600. The molecule has 9 nitrogen and oxygen atoms in total. The molecule has 10 heteroatoms. The molecule has 0 aromatic carbocycles. The number of rotatable bonds is 5. The molecule has 2 aliphatic rings. The van der Waals surface area contributed by atoms with Crippen LogP contribution in [0.15, 0.2) is 12.4 Å². The lowest BCUT2D eigenvalue weighted by Gasteiger charge is -2.37. The second kappa shape index (κ2) is 6.91. The molecule has 25 heavy (non-hydrogen) atoms. The minimum Gasteiger partial charge on any atom is -0.480 e. The zero-order chi connectivity index (χ0) is 18.0. The summed E-state index contributed by atoms with van der Waals surface area (Å²) in [6.45, 7) is 1.30. The van der Waals surface area contributed by atoms with E-state index in [1.807, 2.05) is 0 Å². The molecule has 3 heterocycles. The van der Waals surface area contributed by atoms with Crippen LogP contribution < -0.4 is 0 Å².